The maximum Gasteiger partial charge on any atom is 0.160 e. The summed E-state index contributed by atoms with van der Waals surface area (Å²) in [7, 11) is 0. The SMILES string of the molecule is Cc1sc2c(c1C)C(c1ccc(N3CC(O)(CN4CCN(CC5CN(c6ccccc6)C5)CC4)C3)cc1)=NCc1nnc(C)n1-2. The summed E-state index contributed by atoms with van der Waals surface area (Å²) in [4.78, 5) is 16.2. The summed E-state index contributed by atoms with van der Waals surface area (Å²) in [6.45, 7) is 16.7. The number of hydrogen-bond acceptors (Lipinski definition) is 9. The zero-order valence-corrected chi connectivity index (χ0v) is 27.3. The standard InChI is InChI=1S/C35H42N8OS/c1-24-25(2)45-34-32(24)33(36-17-31-38-37-26(3)43(31)34)28-9-11-30(12-10-28)42-22-35(44,23-42)21-40-15-13-39(14-16-40)18-27-19-41(20-27)29-7-5-4-6-8-29/h4-12,27,44H,13-23H2,1-3H3. The number of piperazine rings is 1. The molecule has 1 N–H and O–H groups in total. The molecule has 8 rings (SSSR count). The number of aryl methyl sites for hydroxylation is 2. The number of nitrogens with zero attached hydrogens (tertiary/aromatic N) is 8. The summed E-state index contributed by atoms with van der Waals surface area (Å²) >= 11 is 1.79. The van der Waals surface area contributed by atoms with Gasteiger partial charge in [-0.05, 0) is 50.6 Å². The van der Waals surface area contributed by atoms with Crippen LogP contribution in [0.15, 0.2) is 59.6 Å². The van der Waals surface area contributed by atoms with Crippen LogP contribution in [0.2, 0.25) is 0 Å². The molecule has 3 fully saturated rings. The fraction of sp³-hybridized carbons (Fsp3) is 0.457. The van der Waals surface area contributed by atoms with E-state index >= 15 is 0 Å². The Labute approximate surface area is 269 Å². The van der Waals surface area contributed by atoms with Crippen LogP contribution in [-0.4, -0.2) is 106 Å². The number of β-amino-alcohol motifs (C(OH)–C–C–N with tert-alkyl or cyclic N) is 1. The summed E-state index contributed by atoms with van der Waals surface area (Å²) in [6.07, 6.45) is 0. The second kappa shape index (κ2) is 11.3. The zero-order valence-electron chi connectivity index (χ0n) is 26.5. The monoisotopic (exact) mass is 622 g/mol. The third-order valence-corrected chi connectivity index (χ3v) is 11.3. The average Bonchev–Trinajstić information content (AvgIpc) is 3.46. The van der Waals surface area contributed by atoms with E-state index < -0.39 is 5.60 Å². The number of thiophene rings is 1. The third kappa shape index (κ3) is 5.37. The maximum atomic E-state index is 11.4. The fourth-order valence-corrected chi connectivity index (χ4v) is 8.73. The van der Waals surface area contributed by atoms with Crippen molar-refractivity contribution in [3.63, 3.8) is 0 Å². The number of para-hydroxylation sites is 1. The van der Waals surface area contributed by atoms with Crippen molar-refractivity contribution >= 4 is 28.4 Å². The van der Waals surface area contributed by atoms with Crippen molar-refractivity contribution in [1.29, 1.82) is 0 Å². The van der Waals surface area contributed by atoms with Crippen molar-refractivity contribution < 1.29 is 5.11 Å². The number of hydrogen-bond donors (Lipinski definition) is 1. The lowest BCUT2D eigenvalue weighted by atomic mass is 9.91. The molecule has 4 aliphatic heterocycles. The van der Waals surface area contributed by atoms with Crippen LogP contribution in [0.4, 0.5) is 11.4 Å². The highest BCUT2D eigenvalue weighted by Crippen LogP contribution is 2.37. The van der Waals surface area contributed by atoms with E-state index in [1.54, 1.807) is 11.3 Å². The first-order chi connectivity index (χ1) is 21.8. The number of anilines is 2. The van der Waals surface area contributed by atoms with Gasteiger partial charge in [0.2, 0.25) is 0 Å². The Morgan fingerprint density at radius 3 is 2.27 bits per heavy atom. The summed E-state index contributed by atoms with van der Waals surface area (Å²) in [6, 6.07) is 19.5. The Morgan fingerprint density at radius 2 is 1.53 bits per heavy atom. The Kier molecular flexibility index (Phi) is 7.28. The van der Waals surface area contributed by atoms with Gasteiger partial charge < -0.3 is 19.8 Å². The lowest BCUT2D eigenvalue weighted by molar-refractivity contribution is -0.0309. The number of aromatic nitrogens is 3. The molecule has 0 amide bonds. The van der Waals surface area contributed by atoms with Gasteiger partial charge in [0.05, 0.1) is 5.71 Å². The molecule has 9 nitrogen and oxygen atoms in total. The van der Waals surface area contributed by atoms with Gasteiger partial charge in [-0.3, -0.25) is 14.5 Å². The largest absolute Gasteiger partial charge is 0.385 e. The molecular formula is C35H42N8OS. The van der Waals surface area contributed by atoms with Gasteiger partial charge >= 0.3 is 0 Å². The van der Waals surface area contributed by atoms with Crippen molar-refractivity contribution in [2.45, 2.75) is 32.9 Å². The van der Waals surface area contributed by atoms with Gasteiger partial charge in [-0.15, -0.1) is 21.5 Å². The molecule has 0 aliphatic carbocycles. The molecule has 234 valence electrons. The molecule has 45 heavy (non-hydrogen) atoms. The van der Waals surface area contributed by atoms with Crippen molar-refractivity contribution in [1.82, 2.24) is 24.6 Å². The highest BCUT2D eigenvalue weighted by atomic mass is 32.1. The lowest BCUT2D eigenvalue weighted by Gasteiger charge is -2.51. The molecule has 0 saturated carbocycles. The van der Waals surface area contributed by atoms with Crippen LogP contribution < -0.4 is 9.80 Å². The molecule has 4 aromatic rings. The van der Waals surface area contributed by atoms with E-state index in [1.807, 2.05) is 6.92 Å². The van der Waals surface area contributed by atoms with Crippen LogP contribution in [0.3, 0.4) is 0 Å². The summed E-state index contributed by atoms with van der Waals surface area (Å²) in [5, 5.41) is 21.3. The lowest BCUT2D eigenvalue weighted by Crippen LogP contribution is -2.67. The Balaban J connectivity index is 0.845. The predicted molar refractivity (Wildman–Crippen MR) is 181 cm³/mol. The molecule has 4 aliphatic rings. The minimum absolute atomic E-state index is 0.513. The molecule has 3 saturated heterocycles. The van der Waals surface area contributed by atoms with E-state index in [1.165, 1.54) is 28.2 Å². The van der Waals surface area contributed by atoms with Crippen molar-refractivity contribution in [2.75, 3.05) is 75.2 Å². The average molecular weight is 623 g/mol. The molecule has 2 aromatic heterocycles. The number of aliphatic hydroxyl groups is 1. The molecule has 0 bridgehead atoms. The number of fused-ring (bicyclic) bond motifs is 3. The maximum absolute atomic E-state index is 11.4. The fourth-order valence-electron chi connectivity index (χ4n) is 7.51. The Morgan fingerprint density at radius 1 is 0.844 bits per heavy atom. The highest BCUT2D eigenvalue weighted by molar-refractivity contribution is 7.15. The smallest absolute Gasteiger partial charge is 0.160 e. The normalized spacial score (nSPS) is 20.2. The minimum Gasteiger partial charge on any atom is -0.385 e. The van der Waals surface area contributed by atoms with Crippen LogP contribution >= 0.6 is 11.3 Å². The Hall–Kier alpha value is -3.57. The van der Waals surface area contributed by atoms with E-state index in [2.05, 4.69) is 103 Å². The van der Waals surface area contributed by atoms with Crippen molar-refractivity contribution in [3.05, 3.63) is 87.8 Å². The molecule has 0 radical (unpaired) electrons. The number of aliphatic imine (C=N–C) groups is 1. The van der Waals surface area contributed by atoms with Crippen molar-refractivity contribution in [3.8, 4) is 5.00 Å². The molecular weight excluding hydrogens is 581 g/mol. The topological polar surface area (TPSA) is 76.3 Å². The molecule has 0 unspecified atom stereocenters. The predicted octanol–water partition coefficient (Wildman–Crippen LogP) is 3.91. The van der Waals surface area contributed by atoms with E-state index in [0.717, 1.165) is 85.3 Å². The first-order valence-electron chi connectivity index (χ1n) is 16.2. The zero-order chi connectivity index (χ0) is 30.7. The summed E-state index contributed by atoms with van der Waals surface area (Å²) in [5.74, 6) is 2.54. The Bertz CT molecular complexity index is 1710. The van der Waals surface area contributed by atoms with Gasteiger partial charge in [-0.25, -0.2) is 0 Å². The van der Waals surface area contributed by atoms with Gasteiger partial charge in [-0.2, -0.15) is 0 Å². The van der Waals surface area contributed by atoms with Gasteiger partial charge in [0.1, 0.15) is 23.0 Å². The van der Waals surface area contributed by atoms with Crippen LogP contribution in [-0.2, 0) is 6.54 Å². The second-order valence-corrected chi connectivity index (χ2v) is 14.6. The van der Waals surface area contributed by atoms with Gasteiger partial charge in [0.25, 0.3) is 0 Å². The quantitative estimate of drug-likeness (QED) is 0.335. The van der Waals surface area contributed by atoms with E-state index in [9.17, 15) is 5.11 Å². The molecule has 0 atom stereocenters. The van der Waals surface area contributed by atoms with E-state index in [-0.39, 0.29) is 0 Å². The van der Waals surface area contributed by atoms with Crippen molar-refractivity contribution in [2.24, 2.45) is 10.9 Å². The van der Waals surface area contributed by atoms with Crippen LogP contribution in [0.1, 0.15) is 33.2 Å². The molecule has 0 spiro atoms. The van der Waals surface area contributed by atoms with E-state index in [0.29, 0.717) is 19.6 Å². The van der Waals surface area contributed by atoms with E-state index in [4.69, 9.17) is 4.99 Å². The molecule has 10 heteroatoms. The first-order valence-corrected chi connectivity index (χ1v) is 17.0. The third-order valence-electron chi connectivity index (χ3n) is 10.1. The second-order valence-electron chi connectivity index (χ2n) is 13.4. The van der Waals surface area contributed by atoms with Crippen LogP contribution in [0.25, 0.3) is 5.00 Å². The van der Waals surface area contributed by atoms with Crippen LogP contribution in [0.5, 0.6) is 0 Å². The van der Waals surface area contributed by atoms with Crippen LogP contribution in [0, 0.1) is 26.7 Å². The highest BCUT2D eigenvalue weighted by Gasteiger charge is 2.43. The minimum atomic E-state index is -0.650. The van der Waals surface area contributed by atoms with Gasteiger partial charge in [0, 0.05) is 98.7 Å². The molecule has 6 heterocycles. The number of rotatable bonds is 7. The molecule has 2 aromatic carbocycles. The summed E-state index contributed by atoms with van der Waals surface area (Å²) < 4.78 is 2.17. The summed E-state index contributed by atoms with van der Waals surface area (Å²) in [5.41, 5.74) is 6.43. The first kappa shape index (κ1) is 28.9. The van der Waals surface area contributed by atoms with Gasteiger partial charge in [0.15, 0.2) is 5.82 Å². The number of benzene rings is 2. The van der Waals surface area contributed by atoms with Gasteiger partial charge in [-0.1, -0.05) is 30.3 Å².